The van der Waals surface area contributed by atoms with E-state index in [9.17, 15) is 4.79 Å². The summed E-state index contributed by atoms with van der Waals surface area (Å²) in [5, 5.41) is 0. The maximum Gasteiger partial charge on any atom is 0.275 e. The highest BCUT2D eigenvalue weighted by atomic mass is 32.1. The number of nitrogens with one attached hydrogen (secondary N) is 1. The van der Waals surface area contributed by atoms with E-state index < -0.39 is 0 Å². The van der Waals surface area contributed by atoms with E-state index in [0.717, 1.165) is 6.42 Å². The van der Waals surface area contributed by atoms with Gasteiger partial charge in [0.15, 0.2) is 0 Å². The summed E-state index contributed by atoms with van der Waals surface area (Å²) in [5.41, 5.74) is 4.72. The summed E-state index contributed by atoms with van der Waals surface area (Å²) in [7, 11) is 0. The lowest BCUT2D eigenvalue weighted by atomic mass is 9.91. The van der Waals surface area contributed by atoms with Crippen molar-refractivity contribution >= 4 is 17.2 Å². The van der Waals surface area contributed by atoms with Gasteiger partial charge >= 0.3 is 0 Å². The van der Waals surface area contributed by atoms with Gasteiger partial charge in [-0.1, -0.05) is 60.7 Å². The molecule has 0 fully saturated rings. The van der Waals surface area contributed by atoms with Crippen LogP contribution in [0.4, 0.5) is 0 Å². The van der Waals surface area contributed by atoms with Crippen molar-refractivity contribution in [3.8, 4) is 0 Å². The molecule has 0 spiro atoms. The number of hydrogen-bond donors (Lipinski definition) is 2. The molecule has 3 nitrogen and oxygen atoms in total. The van der Waals surface area contributed by atoms with E-state index in [1.807, 2.05) is 24.3 Å². The van der Waals surface area contributed by atoms with Gasteiger partial charge in [-0.2, -0.15) is 0 Å². The lowest BCUT2D eigenvalue weighted by Crippen LogP contribution is -2.29. The van der Waals surface area contributed by atoms with E-state index >= 15 is 0 Å². The molecule has 0 aliphatic rings. The highest BCUT2D eigenvalue weighted by Crippen LogP contribution is 2.33. The zero-order valence-corrected chi connectivity index (χ0v) is 13.4. The van der Waals surface area contributed by atoms with Gasteiger partial charge in [0.25, 0.3) is 5.91 Å². The van der Waals surface area contributed by atoms with Gasteiger partial charge < -0.3 is 0 Å². The van der Waals surface area contributed by atoms with E-state index in [-0.39, 0.29) is 11.8 Å². The van der Waals surface area contributed by atoms with Crippen LogP contribution in [0.3, 0.4) is 0 Å². The van der Waals surface area contributed by atoms with E-state index in [1.165, 1.54) is 27.3 Å². The number of rotatable bonds is 5. The number of nitrogens with two attached hydrogens (primary N) is 1. The second-order valence-corrected chi connectivity index (χ2v) is 6.44. The van der Waals surface area contributed by atoms with Crippen LogP contribution in [0.5, 0.6) is 0 Å². The number of carbonyl (C=O) groups excluding carboxylic acids is 1. The minimum Gasteiger partial charge on any atom is -0.289 e. The van der Waals surface area contributed by atoms with Crippen molar-refractivity contribution in [2.75, 3.05) is 0 Å². The molecule has 1 amide bonds. The molecule has 1 atom stereocenters. The summed E-state index contributed by atoms with van der Waals surface area (Å²) >= 11 is 1.50. The summed E-state index contributed by atoms with van der Waals surface area (Å²) in [4.78, 5) is 13.5. The summed E-state index contributed by atoms with van der Waals surface area (Å²) < 4.78 is 0. The van der Waals surface area contributed by atoms with Crippen molar-refractivity contribution in [1.82, 2.24) is 5.43 Å². The first-order valence-corrected chi connectivity index (χ1v) is 8.29. The second-order valence-electron chi connectivity index (χ2n) is 5.33. The summed E-state index contributed by atoms with van der Waals surface area (Å²) in [5.74, 6) is 5.21. The molecule has 0 bridgehead atoms. The average Bonchev–Trinajstić information content (AvgIpc) is 3.10. The van der Waals surface area contributed by atoms with E-state index in [2.05, 4.69) is 54.0 Å². The third-order valence-corrected chi connectivity index (χ3v) is 5.01. The molecule has 0 saturated carbocycles. The van der Waals surface area contributed by atoms with Gasteiger partial charge in [0.1, 0.15) is 0 Å². The molecule has 0 saturated heterocycles. The van der Waals surface area contributed by atoms with Crippen LogP contribution in [-0.2, 0) is 6.42 Å². The van der Waals surface area contributed by atoms with Gasteiger partial charge in [0.05, 0.1) is 4.88 Å². The van der Waals surface area contributed by atoms with Crippen LogP contribution in [0.25, 0.3) is 0 Å². The van der Waals surface area contributed by atoms with Crippen molar-refractivity contribution < 1.29 is 4.79 Å². The van der Waals surface area contributed by atoms with E-state index in [4.69, 9.17) is 5.84 Å². The van der Waals surface area contributed by atoms with Crippen LogP contribution >= 0.6 is 11.3 Å². The number of benzene rings is 2. The summed E-state index contributed by atoms with van der Waals surface area (Å²) in [6, 6.07) is 24.7. The lowest BCUT2D eigenvalue weighted by molar-refractivity contribution is 0.0957. The molecule has 116 valence electrons. The zero-order valence-electron chi connectivity index (χ0n) is 12.6. The van der Waals surface area contributed by atoms with Gasteiger partial charge in [0.2, 0.25) is 0 Å². The predicted molar refractivity (Wildman–Crippen MR) is 94.4 cm³/mol. The minimum atomic E-state index is -0.243. The number of nitrogen functional groups attached to an aromatic ring is 1. The Morgan fingerprint density at radius 1 is 0.957 bits per heavy atom. The molecule has 1 aromatic heterocycles. The SMILES string of the molecule is NNC(=O)c1ccc(C(Cc2ccccc2)c2ccccc2)s1. The van der Waals surface area contributed by atoms with Gasteiger partial charge in [-0.3, -0.25) is 10.2 Å². The van der Waals surface area contributed by atoms with Crippen LogP contribution in [0.1, 0.15) is 31.6 Å². The quantitative estimate of drug-likeness (QED) is 0.427. The van der Waals surface area contributed by atoms with Crippen LogP contribution in [0.2, 0.25) is 0 Å². The highest BCUT2D eigenvalue weighted by molar-refractivity contribution is 7.14. The fourth-order valence-electron chi connectivity index (χ4n) is 2.65. The van der Waals surface area contributed by atoms with Crippen molar-refractivity contribution in [1.29, 1.82) is 0 Å². The Labute approximate surface area is 139 Å². The molecule has 3 N–H and O–H groups in total. The number of hydrogen-bond acceptors (Lipinski definition) is 3. The number of carbonyl (C=O) groups is 1. The fraction of sp³-hybridized carbons (Fsp3) is 0.105. The van der Waals surface area contributed by atoms with Crippen molar-refractivity contribution in [3.05, 3.63) is 93.7 Å². The van der Waals surface area contributed by atoms with Crippen LogP contribution in [0.15, 0.2) is 72.8 Å². The topological polar surface area (TPSA) is 55.1 Å². The Morgan fingerprint density at radius 2 is 1.61 bits per heavy atom. The van der Waals surface area contributed by atoms with Crippen molar-refractivity contribution in [3.63, 3.8) is 0 Å². The Balaban J connectivity index is 1.95. The maximum absolute atomic E-state index is 11.7. The molecule has 0 radical (unpaired) electrons. The second kappa shape index (κ2) is 7.22. The smallest absolute Gasteiger partial charge is 0.275 e. The molecule has 1 heterocycles. The van der Waals surface area contributed by atoms with Gasteiger partial charge in [-0.15, -0.1) is 11.3 Å². The molecule has 2 aromatic carbocycles. The Bertz CT molecular complexity index is 768. The Hall–Kier alpha value is -2.43. The molecule has 0 aliphatic heterocycles. The third-order valence-electron chi connectivity index (χ3n) is 3.81. The van der Waals surface area contributed by atoms with E-state index in [1.54, 1.807) is 0 Å². The minimum absolute atomic E-state index is 0.225. The Kier molecular flexibility index (Phi) is 4.86. The first-order chi connectivity index (χ1) is 11.3. The summed E-state index contributed by atoms with van der Waals surface area (Å²) in [6.45, 7) is 0. The first kappa shape index (κ1) is 15.5. The molecule has 4 heteroatoms. The highest BCUT2D eigenvalue weighted by Gasteiger charge is 2.18. The standard InChI is InChI=1S/C19H18N2OS/c20-21-19(22)18-12-11-17(23-18)16(15-9-5-2-6-10-15)13-14-7-3-1-4-8-14/h1-12,16H,13,20H2,(H,21,22). The average molecular weight is 322 g/mol. The molecule has 3 rings (SSSR count). The number of thiophene rings is 1. The largest absolute Gasteiger partial charge is 0.289 e. The van der Waals surface area contributed by atoms with Crippen LogP contribution in [0, 0.1) is 0 Å². The van der Waals surface area contributed by atoms with E-state index in [0.29, 0.717) is 4.88 Å². The molecule has 1 unspecified atom stereocenters. The molecular weight excluding hydrogens is 304 g/mol. The molecule has 0 aliphatic carbocycles. The van der Waals surface area contributed by atoms with Crippen molar-refractivity contribution in [2.45, 2.75) is 12.3 Å². The molecule has 23 heavy (non-hydrogen) atoms. The summed E-state index contributed by atoms with van der Waals surface area (Å²) in [6.07, 6.45) is 0.898. The normalized spacial score (nSPS) is 11.9. The number of hydrazine groups is 1. The van der Waals surface area contributed by atoms with Gasteiger partial charge in [-0.05, 0) is 29.7 Å². The van der Waals surface area contributed by atoms with Gasteiger partial charge in [-0.25, -0.2) is 5.84 Å². The van der Waals surface area contributed by atoms with Crippen LogP contribution in [-0.4, -0.2) is 5.91 Å². The third kappa shape index (κ3) is 3.67. The Morgan fingerprint density at radius 3 is 2.26 bits per heavy atom. The van der Waals surface area contributed by atoms with Gasteiger partial charge in [0, 0.05) is 10.8 Å². The van der Waals surface area contributed by atoms with Crippen molar-refractivity contribution in [2.24, 2.45) is 5.84 Å². The van der Waals surface area contributed by atoms with Crippen LogP contribution < -0.4 is 11.3 Å². The maximum atomic E-state index is 11.7. The fourth-order valence-corrected chi connectivity index (χ4v) is 3.69. The monoisotopic (exact) mass is 322 g/mol. The number of amides is 1. The molecule has 3 aromatic rings. The zero-order chi connectivity index (χ0) is 16.1. The first-order valence-electron chi connectivity index (χ1n) is 7.47. The lowest BCUT2D eigenvalue weighted by Gasteiger charge is -2.16. The predicted octanol–water partition coefficient (Wildman–Crippen LogP) is 3.73. The molecular formula is C19H18N2OS.